The second kappa shape index (κ2) is 9.86. The summed E-state index contributed by atoms with van der Waals surface area (Å²) in [4.78, 5) is 28.2. The third-order valence-corrected chi connectivity index (χ3v) is 7.90. The van der Waals surface area contributed by atoms with Crippen molar-refractivity contribution in [1.29, 1.82) is 0 Å². The number of nitrogens with zero attached hydrogens (tertiary/aromatic N) is 2. The molecule has 2 N–H and O–H groups in total. The molecule has 0 aromatic carbocycles. The lowest BCUT2D eigenvalue weighted by molar-refractivity contribution is -0.129. The number of nitrogens with one attached hydrogen (secondary N) is 2. The molecule has 0 bridgehead atoms. The molecule has 2 heterocycles. The van der Waals surface area contributed by atoms with E-state index in [1.807, 2.05) is 0 Å². The summed E-state index contributed by atoms with van der Waals surface area (Å²) in [6.07, 6.45) is 7.68. The van der Waals surface area contributed by atoms with Gasteiger partial charge in [0.25, 0.3) is 0 Å². The minimum Gasteiger partial charge on any atom is -0.352 e. The SMILES string of the molecule is O=C(CNC(=O)C1CCN(S(=O)(=O)c2cccnc2Cl)CC1)NC1CCCCC1. The third-order valence-electron chi connectivity index (χ3n) is 5.56. The average molecular weight is 443 g/mol. The van der Waals surface area contributed by atoms with Crippen molar-refractivity contribution >= 4 is 33.4 Å². The summed E-state index contributed by atoms with van der Waals surface area (Å²) in [6, 6.07) is 3.16. The van der Waals surface area contributed by atoms with Crippen LogP contribution in [-0.4, -0.2) is 55.2 Å². The first kappa shape index (κ1) is 22.0. The number of piperidine rings is 1. The molecular weight excluding hydrogens is 416 g/mol. The van der Waals surface area contributed by atoms with Crippen LogP contribution in [0.2, 0.25) is 5.15 Å². The van der Waals surface area contributed by atoms with Gasteiger partial charge in [0.15, 0.2) is 0 Å². The number of halogens is 1. The zero-order chi connectivity index (χ0) is 20.9. The molecule has 0 radical (unpaired) electrons. The van der Waals surface area contributed by atoms with Crippen molar-refractivity contribution in [2.75, 3.05) is 19.6 Å². The number of carbonyl (C=O) groups is 2. The molecule has 3 rings (SSSR count). The van der Waals surface area contributed by atoms with Crippen LogP contribution in [0.25, 0.3) is 0 Å². The third kappa shape index (κ3) is 5.67. The van der Waals surface area contributed by atoms with E-state index >= 15 is 0 Å². The summed E-state index contributed by atoms with van der Waals surface area (Å²) in [6.45, 7) is 0.402. The van der Waals surface area contributed by atoms with E-state index in [1.54, 1.807) is 0 Å². The number of aromatic nitrogens is 1. The largest absolute Gasteiger partial charge is 0.352 e. The van der Waals surface area contributed by atoms with Crippen molar-refractivity contribution in [3.05, 3.63) is 23.5 Å². The first-order chi connectivity index (χ1) is 13.9. The van der Waals surface area contributed by atoms with Gasteiger partial charge in [-0.2, -0.15) is 4.31 Å². The van der Waals surface area contributed by atoms with Gasteiger partial charge in [0.05, 0.1) is 6.54 Å². The van der Waals surface area contributed by atoms with Crippen molar-refractivity contribution in [3.63, 3.8) is 0 Å². The van der Waals surface area contributed by atoms with Crippen molar-refractivity contribution < 1.29 is 18.0 Å². The summed E-state index contributed by atoms with van der Waals surface area (Å²) in [5, 5.41) is 5.60. The Morgan fingerprint density at radius 1 is 1.14 bits per heavy atom. The van der Waals surface area contributed by atoms with Gasteiger partial charge in [0.1, 0.15) is 10.0 Å². The Morgan fingerprint density at radius 2 is 1.83 bits per heavy atom. The van der Waals surface area contributed by atoms with Gasteiger partial charge in [-0.15, -0.1) is 0 Å². The maximum atomic E-state index is 12.7. The standard InChI is InChI=1S/C19H27ClN4O4S/c20-18-16(7-4-10-21-18)29(27,28)24-11-8-14(9-12-24)19(26)22-13-17(25)23-15-5-2-1-3-6-15/h4,7,10,14-15H,1-3,5-6,8-9,11-13H2,(H,22,26)(H,23,25). The Bertz CT molecular complexity index is 834. The van der Waals surface area contributed by atoms with E-state index in [9.17, 15) is 18.0 Å². The fourth-order valence-electron chi connectivity index (χ4n) is 3.90. The molecule has 1 saturated carbocycles. The van der Waals surface area contributed by atoms with E-state index in [0.29, 0.717) is 12.8 Å². The maximum Gasteiger partial charge on any atom is 0.246 e. The minimum atomic E-state index is -3.74. The Morgan fingerprint density at radius 3 is 2.48 bits per heavy atom. The van der Waals surface area contributed by atoms with Crippen molar-refractivity contribution in [2.24, 2.45) is 5.92 Å². The maximum absolute atomic E-state index is 12.7. The topological polar surface area (TPSA) is 108 Å². The molecular formula is C19H27ClN4O4S. The van der Waals surface area contributed by atoms with E-state index in [-0.39, 0.29) is 53.5 Å². The molecule has 0 spiro atoms. The molecule has 1 saturated heterocycles. The van der Waals surface area contributed by atoms with Gasteiger partial charge in [0.2, 0.25) is 21.8 Å². The molecule has 1 aliphatic carbocycles. The summed E-state index contributed by atoms with van der Waals surface area (Å²) in [5.74, 6) is -0.690. The van der Waals surface area contributed by atoms with Gasteiger partial charge in [-0.25, -0.2) is 13.4 Å². The number of pyridine rings is 1. The lowest BCUT2D eigenvalue weighted by Crippen LogP contribution is -2.46. The fraction of sp³-hybridized carbons (Fsp3) is 0.632. The summed E-state index contributed by atoms with van der Waals surface area (Å²) in [5.41, 5.74) is 0. The van der Waals surface area contributed by atoms with Crippen LogP contribution in [0.15, 0.2) is 23.2 Å². The van der Waals surface area contributed by atoms with E-state index in [0.717, 1.165) is 25.7 Å². The van der Waals surface area contributed by atoms with Crippen LogP contribution >= 0.6 is 11.6 Å². The first-order valence-electron chi connectivity index (χ1n) is 10.1. The number of carbonyl (C=O) groups excluding carboxylic acids is 2. The minimum absolute atomic E-state index is 0.0241. The van der Waals surface area contributed by atoms with Crippen LogP contribution in [0.4, 0.5) is 0 Å². The zero-order valence-electron chi connectivity index (χ0n) is 16.3. The fourth-order valence-corrected chi connectivity index (χ4v) is 5.80. The van der Waals surface area contributed by atoms with Crippen molar-refractivity contribution in [2.45, 2.75) is 55.9 Å². The van der Waals surface area contributed by atoms with Gasteiger partial charge >= 0.3 is 0 Å². The van der Waals surface area contributed by atoms with Crippen LogP contribution in [-0.2, 0) is 19.6 Å². The van der Waals surface area contributed by atoms with E-state index in [4.69, 9.17) is 11.6 Å². The second-order valence-corrected chi connectivity index (χ2v) is 9.86. The molecule has 10 heteroatoms. The van der Waals surface area contributed by atoms with Gasteiger partial charge in [-0.05, 0) is 37.8 Å². The second-order valence-electron chi connectivity index (χ2n) is 7.59. The van der Waals surface area contributed by atoms with Crippen LogP contribution in [0.5, 0.6) is 0 Å². The van der Waals surface area contributed by atoms with E-state index < -0.39 is 10.0 Å². The summed E-state index contributed by atoms with van der Waals surface area (Å²) >= 11 is 5.93. The number of rotatable bonds is 6. The molecule has 1 aromatic heterocycles. The zero-order valence-corrected chi connectivity index (χ0v) is 17.8. The highest BCUT2D eigenvalue weighted by Gasteiger charge is 2.33. The molecule has 1 aliphatic heterocycles. The van der Waals surface area contributed by atoms with Crippen molar-refractivity contribution in [1.82, 2.24) is 19.9 Å². The Balaban J connectivity index is 1.45. The number of sulfonamides is 1. The summed E-state index contributed by atoms with van der Waals surface area (Å²) < 4.78 is 26.8. The molecule has 0 atom stereocenters. The first-order valence-corrected chi connectivity index (χ1v) is 11.9. The highest BCUT2D eigenvalue weighted by Crippen LogP contribution is 2.27. The van der Waals surface area contributed by atoms with Crippen LogP contribution in [0.1, 0.15) is 44.9 Å². The number of hydrogen-bond acceptors (Lipinski definition) is 5. The van der Waals surface area contributed by atoms with Gasteiger partial charge in [0, 0.05) is 31.2 Å². The van der Waals surface area contributed by atoms with Crippen LogP contribution < -0.4 is 10.6 Å². The molecule has 1 aromatic rings. The Labute approximate surface area is 176 Å². The van der Waals surface area contributed by atoms with Crippen molar-refractivity contribution in [3.8, 4) is 0 Å². The van der Waals surface area contributed by atoms with E-state index in [1.165, 1.54) is 29.1 Å². The number of amides is 2. The van der Waals surface area contributed by atoms with Gasteiger partial charge in [-0.1, -0.05) is 30.9 Å². The average Bonchev–Trinajstić information content (AvgIpc) is 2.73. The Hall–Kier alpha value is -1.71. The van der Waals surface area contributed by atoms with Gasteiger partial charge < -0.3 is 10.6 Å². The highest BCUT2D eigenvalue weighted by atomic mass is 35.5. The monoisotopic (exact) mass is 442 g/mol. The lowest BCUT2D eigenvalue weighted by atomic mass is 9.95. The molecule has 160 valence electrons. The smallest absolute Gasteiger partial charge is 0.246 e. The van der Waals surface area contributed by atoms with Crippen LogP contribution in [0, 0.1) is 5.92 Å². The van der Waals surface area contributed by atoms with Gasteiger partial charge in [-0.3, -0.25) is 9.59 Å². The molecule has 0 unspecified atom stereocenters. The Kier molecular flexibility index (Phi) is 7.48. The molecule has 2 amide bonds. The molecule has 2 fully saturated rings. The van der Waals surface area contributed by atoms with E-state index in [2.05, 4.69) is 15.6 Å². The predicted octanol–water partition coefficient (Wildman–Crippen LogP) is 1.70. The molecule has 8 nitrogen and oxygen atoms in total. The predicted molar refractivity (Wildman–Crippen MR) is 109 cm³/mol. The molecule has 29 heavy (non-hydrogen) atoms. The lowest BCUT2D eigenvalue weighted by Gasteiger charge is -2.30. The van der Waals surface area contributed by atoms with Crippen LogP contribution in [0.3, 0.4) is 0 Å². The summed E-state index contributed by atoms with van der Waals surface area (Å²) in [7, 11) is -3.74. The molecule has 2 aliphatic rings. The quantitative estimate of drug-likeness (QED) is 0.652. The highest BCUT2D eigenvalue weighted by molar-refractivity contribution is 7.89. The normalized spacial score (nSPS) is 19.6. The number of hydrogen-bond donors (Lipinski definition) is 2.